The molecule has 9 heteroatoms. The van der Waals surface area contributed by atoms with Crippen molar-refractivity contribution < 1.29 is 28.5 Å². The smallest absolute Gasteiger partial charge is 0.360 e. The van der Waals surface area contributed by atoms with Gasteiger partial charge in [-0.2, -0.15) is 0 Å². The molecule has 0 saturated carbocycles. The molecule has 1 aromatic heterocycles. The van der Waals surface area contributed by atoms with Crippen molar-refractivity contribution in [2.75, 3.05) is 13.7 Å². The van der Waals surface area contributed by atoms with Gasteiger partial charge in [-0.1, -0.05) is 35.5 Å². The zero-order valence-corrected chi connectivity index (χ0v) is 16.9. The van der Waals surface area contributed by atoms with Gasteiger partial charge in [-0.15, -0.1) is 5.10 Å². The summed E-state index contributed by atoms with van der Waals surface area (Å²) in [6, 6.07) is 9.84. The van der Waals surface area contributed by atoms with Crippen molar-refractivity contribution in [1.29, 1.82) is 0 Å². The Kier molecular flexibility index (Phi) is 5.39. The monoisotopic (exact) mass is 403 g/mol. The van der Waals surface area contributed by atoms with Crippen LogP contribution in [-0.4, -0.2) is 65.1 Å². The average Bonchev–Trinajstić information content (AvgIpc) is 3.31. The van der Waals surface area contributed by atoms with E-state index in [-0.39, 0.29) is 24.5 Å². The number of fused-ring (bicyclic) bond motifs is 1. The van der Waals surface area contributed by atoms with Gasteiger partial charge in [-0.3, -0.25) is 0 Å². The predicted octanol–water partition coefficient (Wildman–Crippen LogP) is 1.68. The van der Waals surface area contributed by atoms with Gasteiger partial charge < -0.3 is 23.7 Å². The summed E-state index contributed by atoms with van der Waals surface area (Å²) in [7, 11) is 1.54. The Labute approximate surface area is 168 Å². The second kappa shape index (κ2) is 7.83. The number of hydrogen-bond acceptors (Lipinski definition) is 8. The van der Waals surface area contributed by atoms with Crippen LogP contribution < -0.4 is 0 Å². The zero-order valence-electron chi connectivity index (χ0n) is 16.9. The molecule has 1 aromatic carbocycles. The number of rotatable bonds is 6. The molecule has 2 aromatic rings. The molecule has 3 heterocycles. The Morgan fingerprint density at radius 1 is 1.21 bits per heavy atom. The minimum atomic E-state index is -0.741. The summed E-state index contributed by atoms with van der Waals surface area (Å²) in [5.74, 6) is -1.30. The zero-order chi connectivity index (χ0) is 20.6. The van der Waals surface area contributed by atoms with Crippen LogP contribution in [0, 0.1) is 6.92 Å². The van der Waals surface area contributed by atoms with Crippen LogP contribution in [0.15, 0.2) is 30.3 Å². The van der Waals surface area contributed by atoms with Crippen molar-refractivity contribution in [2.24, 2.45) is 0 Å². The van der Waals surface area contributed by atoms with E-state index in [0.29, 0.717) is 12.2 Å². The normalized spacial score (nSPS) is 27.7. The standard InChI is InChI=1S/C20H25N3O6/c1-12-15(21-22-23(12)10-13-8-6-5-7-9-13)18(24)26-11-14-16-17(19(25-4)27-14)29-20(2,3)28-16/h5-9,14,16-17,19H,10-11H2,1-4H3/t14-,16-,17-,19-/m1/s1. The van der Waals surface area contributed by atoms with Gasteiger partial charge in [-0.25, -0.2) is 9.48 Å². The lowest BCUT2D eigenvalue weighted by molar-refractivity contribution is -0.230. The maximum atomic E-state index is 12.6. The first-order valence-corrected chi connectivity index (χ1v) is 9.53. The number of esters is 1. The highest BCUT2D eigenvalue weighted by Crippen LogP contribution is 2.39. The molecule has 4 atom stereocenters. The summed E-state index contributed by atoms with van der Waals surface area (Å²) in [6.45, 7) is 5.98. The van der Waals surface area contributed by atoms with Gasteiger partial charge in [0, 0.05) is 7.11 Å². The van der Waals surface area contributed by atoms with E-state index in [2.05, 4.69) is 10.3 Å². The number of aromatic nitrogens is 3. The highest BCUT2D eigenvalue weighted by Gasteiger charge is 2.55. The van der Waals surface area contributed by atoms with Gasteiger partial charge in [0.15, 0.2) is 17.8 Å². The van der Waals surface area contributed by atoms with E-state index in [1.807, 2.05) is 44.2 Å². The minimum absolute atomic E-state index is 0.00425. The van der Waals surface area contributed by atoms with E-state index in [1.165, 1.54) is 0 Å². The number of ether oxygens (including phenoxy) is 5. The third kappa shape index (κ3) is 4.04. The third-order valence-corrected chi connectivity index (χ3v) is 5.07. The fourth-order valence-electron chi connectivity index (χ4n) is 3.65. The molecule has 0 radical (unpaired) electrons. The van der Waals surface area contributed by atoms with Gasteiger partial charge in [-0.05, 0) is 26.3 Å². The molecule has 2 saturated heterocycles. The lowest BCUT2D eigenvalue weighted by Gasteiger charge is -2.23. The van der Waals surface area contributed by atoms with E-state index in [0.717, 1.165) is 5.56 Å². The maximum Gasteiger partial charge on any atom is 0.360 e. The molecular formula is C20H25N3O6. The van der Waals surface area contributed by atoms with E-state index < -0.39 is 24.2 Å². The number of benzene rings is 1. The van der Waals surface area contributed by atoms with Gasteiger partial charge in [0.2, 0.25) is 0 Å². The summed E-state index contributed by atoms with van der Waals surface area (Å²) in [4.78, 5) is 12.6. The average molecular weight is 403 g/mol. The minimum Gasteiger partial charge on any atom is -0.458 e. The van der Waals surface area contributed by atoms with Gasteiger partial charge in [0.25, 0.3) is 0 Å². The number of methoxy groups -OCH3 is 1. The van der Waals surface area contributed by atoms with E-state index in [1.54, 1.807) is 18.7 Å². The summed E-state index contributed by atoms with van der Waals surface area (Å²) >= 11 is 0. The van der Waals surface area contributed by atoms with E-state index in [4.69, 9.17) is 23.7 Å². The summed E-state index contributed by atoms with van der Waals surface area (Å²) in [6.07, 6.45) is -1.81. The lowest BCUT2D eigenvalue weighted by atomic mass is 10.1. The molecule has 2 aliphatic rings. The van der Waals surface area contributed by atoms with E-state index >= 15 is 0 Å². The molecule has 0 N–H and O–H groups in total. The molecule has 0 bridgehead atoms. The second-order valence-corrected chi connectivity index (χ2v) is 7.61. The molecular weight excluding hydrogens is 378 g/mol. The topological polar surface area (TPSA) is 93.9 Å². The van der Waals surface area contributed by atoms with Gasteiger partial charge in [0.05, 0.1) is 12.2 Å². The van der Waals surface area contributed by atoms with Crippen LogP contribution in [0.1, 0.15) is 35.6 Å². The van der Waals surface area contributed by atoms with Gasteiger partial charge >= 0.3 is 5.97 Å². The van der Waals surface area contributed by atoms with Crippen LogP contribution in [0.2, 0.25) is 0 Å². The first-order valence-electron chi connectivity index (χ1n) is 9.53. The number of carbonyl (C=O) groups excluding carboxylic acids is 1. The Bertz CT molecular complexity index is 868. The Morgan fingerprint density at radius 3 is 2.66 bits per heavy atom. The molecule has 2 aliphatic heterocycles. The molecule has 0 unspecified atom stereocenters. The third-order valence-electron chi connectivity index (χ3n) is 5.07. The maximum absolute atomic E-state index is 12.6. The Morgan fingerprint density at radius 2 is 1.93 bits per heavy atom. The Hall–Kier alpha value is -2.33. The second-order valence-electron chi connectivity index (χ2n) is 7.61. The fourth-order valence-corrected chi connectivity index (χ4v) is 3.65. The van der Waals surface area contributed by atoms with Crippen LogP contribution in [0.5, 0.6) is 0 Å². The molecule has 4 rings (SSSR count). The molecule has 29 heavy (non-hydrogen) atoms. The van der Waals surface area contributed by atoms with Crippen molar-refractivity contribution in [3.63, 3.8) is 0 Å². The number of nitrogens with zero attached hydrogens (tertiary/aromatic N) is 3. The molecule has 0 aliphatic carbocycles. The number of hydrogen-bond donors (Lipinski definition) is 0. The quantitative estimate of drug-likeness (QED) is 0.673. The fraction of sp³-hybridized carbons (Fsp3) is 0.550. The van der Waals surface area contributed by atoms with Crippen molar-refractivity contribution in [2.45, 2.75) is 57.7 Å². The molecule has 9 nitrogen and oxygen atoms in total. The first kappa shape index (κ1) is 20.0. The van der Waals surface area contributed by atoms with Crippen LogP contribution in [0.3, 0.4) is 0 Å². The lowest BCUT2D eigenvalue weighted by Crippen LogP contribution is -2.33. The van der Waals surface area contributed by atoms with E-state index in [9.17, 15) is 4.79 Å². The highest BCUT2D eigenvalue weighted by atomic mass is 16.8. The summed E-state index contributed by atoms with van der Waals surface area (Å²) in [5.41, 5.74) is 1.89. The SMILES string of the molecule is CO[C@@H]1O[C@H](COC(=O)c2nnn(Cc3ccccc3)c2C)[C@H]2OC(C)(C)O[C@@H]12. The molecule has 2 fully saturated rings. The molecule has 156 valence electrons. The highest BCUT2D eigenvalue weighted by molar-refractivity contribution is 5.88. The number of carbonyl (C=O) groups is 1. The summed E-state index contributed by atoms with van der Waals surface area (Å²) < 4.78 is 30.0. The van der Waals surface area contributed by atoms with Gasteiger partial charge in [0.1, 0.15) is 24.9 Å². The van der Waals surface area contributed by atoms with Crippen LogP contribution in [0.4, 0.5) is 0 Å². The van der Waals surface area contributed by atoms with Crippen LogP contribution in [0.25, 0.3) is 0 Å². The molecule has 0 amide bonds. The molecule has 0 spiro atoms. The summed E-state index contributed by atoms with van der Waals surface area (Å²) in [5, 5.41) is 8.07. The van der Waals surface area contributed by atoms with Crippen molar-refractivity contribution >= 4 is 5.97 Å². The Balaban J connectivity index is 1.39. The van der Waals surface area contributed by atoms with Crippen molar-refractivity contribution in [3.8, 4) is 0 Å². The van der Waals surface area contributed by atoms with Crippen LogP contribution in [-0.2, 0) is 30.2 Å². The predicted molar refractivity (Wildman–Crippen MR) is 100 cm³/mol. The largest absolute Gasteiger partial charge is 0.458 e. The van der Waals surface area contributed by atoms with Crippen molar-refractivity contribution in [3.05, 3.63) is 47.3 Å². The van der Waals surface area contributed by atoms with Crippen LogP contribution >= 0.6 is 0 Å². The first-order chi connectivity index (χ1) is 13.9. The van der Waals surface area contributed by atoms with Crippen molar-refractivity contribution in [1.82, 2.24) is 15.0 Å².